The molecule has 7 heteroatoms. The summed E-state index contributed by atoms with van der Waals surface area (Å²) in [6.07, 6.45) is 1.84. The van der Waals surface area contributed by atoms with E-state index in [1.54, 1.807) is 12.1 Å². The average molecular weight is 398 g/mol. The highest BCUT2D eigenvalue weighted by Gasteiger charge is 2.22. The summed E-state index contributed by atoms with van der Waals surface area (Å²) in [4.78, 5) is 14.3. The molecule has 0 unspecified atom stereocenters. The molecule has 1 N–H and O–H groups in total. The van der Waals surface area contributed by atoms with E-state index in [1.807, 2.05) is 36.4 Å². The van der Waals surface area contributed by atoms with Gasteiger partial charge in [0.15, 0.2) is 0 Å². The number of carbonyl (C=O) groups is 1. The molecule has 116 valence electrons. The maximum atomic E-state index is 11.8. The maximum absolute atomic E-state index is 11.8. The molecule has 23 heavy (non-hydrogen) atoms. The minimum Gasteiger partial charge on any atom is -0.307 e. The van der Waals surface area contributed by atoms with Gasteiger partial charge in [-0.3, -0.25) is 4.79 Å². The third-order valence-corrected chi connectivity index (χ3v) is 5.95. The lowest BCUT2D eigenvalue weighted by atomic mass is 10.2. The van der Waals surface area contributed by atoms with Crippen LogP contribution in [0.15, 0.2) is 57.2 Å². The SMILES string of the molecule is O=C1NC(=S)SC1=Cc1ccccc1Sc1ccc(Cl)cc1Cl. The number of thioether (sulfide) groups is 1. The van der Waals surface area contributed by atoms with Crippen molar-refractivity contribution in [2.24, 2.45) is 0 Å². The molecule has 3 rings (SSSR count). The number of nitrogens with one attached hydrogen (secondary N) is 1. The molecule has 1 amide bonds. The number of hydrogen-bond acceptors (Lipinski definition) is 4. The summed E-state index contributed by atoms with van der Waals surface area (Å²) in [6, 6.07) is 13.2. The third-order valence-electron chi connectivity index (χ3n) is 2.96. The van der Waals surface area contributed by atoms with E-state index < -0.39 is 0 Å². The van der Waals surface area contributed by atoms with Gasteiger partial charge in [-0.15, -0.1) is 0 Å². The molecular weight excluding hydrogens is 389 g/mol. The molecule has 0 bridgehead atoms. The Labute approximate surface area is 157 Å². The summed E-state index contributed by atoms with van der Waals surface area (Å²) in [5.41, 5.74) is 0.936. The first-order valence-corrected chi connectivity index (χ1v) is 9.29. The largest absolute Gasteiger partial charge is 0.307 e. The van der Waals surface area contributed by atoms with E-state index >= 15 is 0 Å². The van der Waals surface area contributed by atoms with Crippen molar-refractivity contribution in [3.63, 3.8) is 0 Å². The van der Waals surface area contributed by atoms with E-state index in [9.17, 15) is 4.79 Å². The number of thiocarbonyl (C=S) groups is 1. The summed E-state index contributed by atoms with van der Waals surface area (Å²) in [5, 5.41) is 3.81. The first-order chi connectivity index (χ1) is 11.0. The second kappa shape index (κ2) is 7.28. The van der Waals surface area contributed by atoms with Crippen molar-refractivity contribution in [1.82, 2.24) is 5.32 Å². The number of hydrogen-bond donors (Lipinski definition) is 1. The number of carbonyl (C=O) groups excluding carboxylic acids is 1. The average Bonchev–Trinajstić information content (AvgIpc) is 2.82. The normalized spacial score (nSPS) is 16.0. The minimum absolute atomic E-state index is 0.163. The van der Waals surface area contributed by atoms with Gasteiger partial charge >= 0.3 is 0 Å². The maximum Gasteiger partial charge on any atom is 0.263 e. The topological polar surface area (TPSA) is 29.1 Å². The Morgan fingerprint density at radius 1 is 1.13 bits per heavy atom. The zero-order valence-corrected chi connectivity index (χ0v) is 15.5. The van der Waals surface area contributed by atoms with E-state index in [0.29, 0.717) is 19.3 Å². The second-order valence-corrected chi connectivity index (χ2v) is 8.21. The van der Waals surface area contributed by atoms with Crippen LogP contribution in [-0.2, 0) is 4.79 Å². The zero-order chi connectivity index (χ0) is 16.4. The van der Waals surface area contributed by atoms with Gasteiger partial charge in [-0.1, -0.05) is 77.1 Å². The second-order valence-electron chi connectivity index (χ2n) is 4.57. The smallest absolute Gasteiger partial charge is 0.263 e. The predicted octanol–water partition coefficient (Wildman–Crippen LogP) is 5.63. The first kappa shape index (κ1) is 16.9. The first-order valence-electron chi connectivity index (χ1n) is 6.50. The molecule has 2 nitrogen and oxygen atoms in total. The lowest BCUT2D eigenvalue weighted by Gasteiger charge is -2.08. The molecule has 1 aliphatic heterocycles. The van der Waals surface area contributed by atoms with Crippen LogP contribution in [0.1, 0.15) is 5.56 Å². The molecular formula is C16H9Cl2NOS3. The van der Waals surface area contributed by atoms with Gasteiger partial charge in [0.1, 0.15) is 4.32 Å². The highest BCUT2D eigenvalue weighted by molar-refractivity contribution is 8.26. The van der Waals surface area contributed by atoms with Crippen LogP contribution < -0.4 is 5.32 Å². The van der Waals surface area contributed by atoms with Crippen LogP contribution in [0.5, 0.6) is 0 Å². The number of halogens is 2. The van der Waals surface area contributed by atoms with Gasteiger partial charge in [-0.05, 0) is 35.9 Å². The van der Waals surface area contributed by atoms with E-state index in [1.165, 1.54) is 23.5 Å². The standard InChI is InChI=1S/C16H9Cl2NOS3/c17-10-5-6-13(11(18)8-10)22-12-4-2-1-3-9(12)7-14-15(20)19-16(21)23-14/h1-8H,(H,19,20,21). The summed E-state index contributed by atoms with van der Waals surface area (Å²) in [5.74, 6) is -0.163. The fourth-order valence-electron chi connectivity index (χ4n) is 1.93. The number of rotatable bonds is 3. The summed E-state index contributed by atoms with van der Waals surface area (Å²) >= 11 is 20.0. The molecule has 2 aromatic carbocycles. The fourth-order valence-corrected chi connectivity index (χ4v) is 4.41. The van der Waals surface area contributed by atoms with E-state index in [2.05, 4.69) is 5.32 Å². The number of amides is 1. The van der Waals surface area contributed by atoms with E-state index in [0.717, 1.165) is 15.4 Å². The quantitative estimate of drug-likeness (QED) is 0.536. The van der Waals surface area contributed by atoms with Crippen LogP contribution in [0, 0.1) is 0 Å². The van der Waals surface area contributed by atoms with E-state index in [-0.39, 0.29) is 5.91 Å². The molecule has 1 heterocycles. The van der Waals surface area contributed by atoms with Gasteiger partial charge in [-0.25, -0.2) is 0 Å². The molecule has 2 aromatic rings. The van der Waals surface area contributed by atoms with Crippen molar-refractivity contribution >= 4 is 75.2 Å². The van der Waals surface area contributed by atoms with Crippen molar-refractivity contribution in [3.05, 3.63) is 63.0 Å². The monoisotopic (exact) mass is 397 g/mol. The van der Waals surface area contributed by atoms with Crippen LogP contribution in [0.25, 0.3) is 6.08 Å². The molecule has 1 aliphatic rings. The summed E-state index contributed by atoms with van der Waals surface area (Å²) in [6.45, 7) is 0. The molecule has 0 saturated carbocycles. The summed E-state index contributed by atoms with van der Waals surface area (Å²) in [7, 11) is 0. The van der Waals surface area contributed by atoms with Gasteiger partial charge in [0.25, 0.3) is 5.91 Å². The highest BCUT2D eigenvalue weighted by atomic mass is 35.5. The Morgan fingerprint density at radius 3 is 2.61 bits per heavy atom. The van der Waals surface area contributed by atoms with Crippen LogP contribution >= 0.6 is 58.9 Å². The lowest BCUT2D eigenvalue weighted by molar-refractivity contribution is -0.115. The number of benzene rings is 2. The Hall–Kier alpha value is -0.980. The van der Waals surface area contributed by atoms with Crippen LogP contribution in [-0.4, -0.2) is 10.2 Å². The van der Waals surface area contributed by atoms with E-state index in [4.69, 9.17) is 35.4 Å². The Bertz CT molecular complexity index is 836. The molecule has 0 spiro atoms. The Morgan fingerprint density at radius 2 is 1.91 bits per heavy atom. The summed E-state index contributed by atoms with van der Waals surface area (Å²) < 4.78 is 0.479. The predicted molar refractivity (Wildman–Crippen MR) is 103 cm³/mol. The van der Waals surface area contributed by atoms with Crippen molar-refractivity contribution in [3.8, 4) is 0 Å². The van der Waals surface area contributed by atoms with Gasteiger partial charge < -0.3 is 5.32 Å². The van der Waals surface area contributed by atoms with Crippen LogP contribution in [0.2, 0.25) is 10.0 Å². The van der Waals surface area contributed by atoms with Gasteiger partial charge in [0.05, 0.1) is 9.93 Å². The zero-order valence-electron chi connectivity index (χ0n) is 11.5. The van der Waals surface area contributed by atoms with Crippen molar-refractivity contribution in [2.45, 2.75) is 9.79 Å². The van der Waals surface area contributed by atoms with Gasteiger partial charge in [0, 0.05) is 14.8 Å². The molecule has 0 atom stereocenters. The Kier molecular flexibility index (Phi) is 5.34. The minimum atomic E-state index is -0.163. The molecule has 1 fully saturated rings. The molecule has 0 radical (unpaired) electrons. The third kappa shape index (κ3) is 4.11. The van der Waals surface area contributed by atoms with Gasteiger partial charge in [-0.2, -0.15) is 0 Å². The van der Waals surface area contributed by atoms with Crippen molar-refractivity contribution in [2.75, 3.05) is 0 Å². The molecule has 0 aromatic heterocycles. The Balaban J connectivity index is 1.94. The fraction of sp³-hybridized carbons (Fsp3) is 0. The van der Waals surface area contributed by atoms with Gasteiger partial charge in [0.2, 0.25) is 0 Å². The van der Waals surface area contributed by atoms with Crippen molar-refractivity contribution in [1.29, 1.82) is 0 Å². The molecule has 0 aliphatic carbocycles. The van der Waals surface area contributed by atoms with Crippen LogP contribution in [0.3, 0.4) is 0 Å². The lowest BCUT2D eigenvalue weighted by Crippen LogP contribution is -2.17. The van der Waals surface area contributed by atoms with Crippen LogP contribution in [0.4, 0.5) is 0 Å². The highest BCUT2D eigenvalue weighted by Crippen LogP contribution is 2.38. The molecule has 1 saturated heterocycles. The van der Waals surface area contributed by atoms with Crippen molar-refractivity contribution < 1.29 is 4.79 Å².